The molecule has 1 aromatic rings. The summed E-state index contributed by atoms with van der Waals surface area (Å²) in [6.07, 6.45) is 9.55. The van der Waals surface area contributed by atoms with E-state index in [1.807, 2.05) is 0 Å². The summed E-state index contributed by atoms with van der Waals surface area (Å²) in [5.41, 5.74) is 10.7. The minimum Gasteiger partial charge on any atom is -0.496 e. The lowest BCUT2D eigenvalue weighted by atomic mass is 9.87. The number of fused-ring (bicyclic) bond motifs is 1. The second-order valence-electron chi connectivity index (χ2n) is 6.56. The van der Waals surface area contributed by atoms with E-state index >= 15 is 0 Å². The van der Waals surface area contributed by atoms with Crippen molar-refractivity contribution in [3.05, 3.63) is 28.8 Å². The number of unbranched alkanes of at least 4 members (excludes halogenated alkanes) is 2. The second-order valence-corrected chi connectivity index (χ2v) is 6.56. The van der Waals surface area contributed by atoms with E-state index in [1.165, 1.54) is 55.2 Å². The van der Waals surface area contributed by atoms with Crippen molar-refractivity contribution in [1.29, 1.82) is 0 Å². The van der Waals surface area contributed by atoms with Crippen molar-refractivity contribution in [2.45, 2.75) is 65.2 Å². The van der Waals surface area contributed by atoms with Crippen molar-refractivity contribution in [3.63, 3.8) is 0 Å². The van der Waals surface area contributed by atoms with Gasteiger partial charge in [0.05, 0.1) is 25.8 Å². The molecule has 0 aromatic heterocycles. The van der Waals surface area contributed by atoms with Crippen LogP contribution in [-0.4, -0.2) is 30.6 Å². The summed E-state index contributed by atoms with van der Waals surface area (Å²) in [6.45, 7) is 6.60. The smallest absolute Gasteiger partial charge is 0.275 e. The number of benzene rings is 1. The standard InChI is InChI=1S/C20H32N2O/c1-4-6-14-22(15-7-5-2)20(21)18-12-13-19(23-3)17-11-9-8-10-16(17)18/h12-13,21H,4-11,14-15H2,1-3H3/p+1. The average Bonchev–Trinajstić information content (AvgIpc) is 2.60. The Balaban J connectivity index is 2.42. The van der Waals surface area contributed by atoms with E-state index in [0.29, 0.717) is 0 Å². The van der Waals surface area contributed by atoms with Crippen molar-refractivity contribution in [2.75, 3.05) is 20.2 Å². The van der Waals surface area contributed by atoms with Crippen LogP contribution in [0.15, 0.2) is 12.1 Å². The lowest BCUT2D eigenvalue weighted by Crippen LogP contribution is -2.32. The SMILES string of the molecule is CCCC[N+](CCCC)=C(N)c1ccc(OC)c2c1CCCC2. The molecule has 0 saturated heterocycles. The van der Waals surface area contributed by atoms with Crippen LogP contribution in [0.4, 0.5) is 0 Å². The number of ether oxygens (including phenoxy) is 1. The van der Waals surface area contributed by atoms with E-state index in [-0.39, 0.29) is 0 Å². The molecular formula is C20H33N2O+. The van der Waals surface area contributed by atoms with Gasteiger partial charge < -0.3 is 4.74 Å². The summed E-state index contributed by atoms with van der Waals surface area (Å²) in [4.78, 5) is 0. The second kappa shape index (κ2) is 8.95. The summed E-state index contributed by atoms with van der Waals surface area (Å²) in [5, 5.41) is 0. The number of nitrogens with two attached hydrogens (primary N) is 1. The summed E-state index contributed by atoms with van der Waals surface area (Å²) >= 11 is 0. The van der Waals surface area contributed by atoms with E-state index in [9.17, 15) is 0 Å². The van der Waals surface area contributed by atoms with Crippen molar-refractivity contribution < 1.29 is 9.31 Å². The Bertz CT molecular complexity index is 539. The van der Waals surface area contributed by atoms with Gasteiger partial charge in [0.25, 0.3) is 5.84 Å². The van der Waals surface area contributed by atoms with Gasteiger partial charge >= 0.3 is 0 Å². The first kappa shape index (κ1) is 17.8. The van der Waals surface area contributed by atoms with Gasteiger partial charge in [-0.05, 0) is 61.8 Å². The van der Waals surface area contributed by atoms with Crippen LogP contribution in [0.5, 0.6) is 5.75 Å². The lowest BCUT2D eigenvalue weighted by molar-refractivity contribution is -0.529. The van der Waals surface area contributed by atoms with Crippen LogP contribution in [0, 0.1) is 0 Å². The Labute approximate surface area is 141 Å². The fourth-order valence-corrected chi connectivity index (χ4v) is 3.49. The molecule has 128 valence electrons. The van der Waals surface area contributed by atoms with Crippen LogP contribution in [0.3, 0.4) is 0 Å². The summed E-state index contributed by atoms with van der Waals surface area (Å²) in [5.74, 6) is 2.00. The summed E-state index contributed by atoms with van der Waals surface area (Å²) in [7, 11) is 1.77. The third kappa shape index (κ3) is 4.27. The molecular weight excluding hydrogens is 284 g/mol. The molecule has 0 radical (unpaired) electrons. The number of hydrogen-bond acceptors (Lipinski definition) is 1. The summed E-state index contributed by atoms with van der Waals surface area (Å²) < 4.78 is 7.97. The van der Waals surface area contributed by atoms with Gasteiger partial charge in [0.15, 0.2) is 0 Å². The van der Waals surface area contributed by atoms with Crippen molar-refractivity contribution >= 4 is 5.84 Å². The first-order valence-electron chi connectivity index (χ1n) is 9.29. The Hall–Kier alpha value is -1.51. The van der Waals surface area contributed by atoms with Gasteiger partial charge in [-0.1, -0.05) is 26.7 Å². The fourth-order valence-electron chi connectivity index (χ4n) is 3.49. The number of methoxy groups -OCH3 is 1. The van der Waals surface area contributed by atoms with Gasteiger partial charge in [0.2, 0.25) is 0 Å². The predicted molar refractivity (Wildman–Crippen MR) is 97.7 cm³/mol. The third-order valence-corrected chi connectivity index (χ3v) is 4.89. The minimum atomic E-state index is 0.965. The number of hydrogen-bond donors (Lipinski definition) is 1. The van der Waals surface area contributed by atoms with E-state index < -0.39 is 0 Å². The van der Waals surface area contributed by atoms with Crippen LogP contribution in [0.25, 0.3) is 0 Å². The first-order valence-corrected chi connectivity index (χ1v) is 9.29. The molecule has 1 aliphatic rings. The molecule has 0 saturated carbocycles. The van der Waals surface area contributed by atoms with Crippen LogP contribution in [0.1, 0.15) is 69.1 Å². The topological polar surface area (TPSA) is 38.3 Å². The molecule has 0 aliphatic heterocycles. The minimum absolute atomic E-state index is 0.965. The Kier molecular flexibility index (Phi) is 6.94. The largest absolute Gasteiger partial charge is 0.496 e. The highest BCUT2D eigenvalue weighted by molar-refractivity contribution is 5.96. The molecule has 0 amide bonds. The normalized spacial score (nSPS) is 13.5. The number of amidine groups is 1. The maximum atomic E-state index is 6.64. The van der Waals surface area contributed by atoms with E-state index in [2.05, 4.69) is 30.6 Å². The van der Waals surface area contributed by atoms with Gasteiger partial charge in [-0.15, -0.1) is 0 Å². The lowest BCUT2D eigenvalue weighted by Gasteiger charge is -2.21. The van der Waals surface area contributed by atoms with E-state index in [4.69, 9.17) is 10.5 Å². The molecule has 1 aliphatic carbocycles. The van der Waals surface area contributed by atoms with Gasteiger partial charge in [0.1, 0.15) is 5.75 Å². The average molecular weight is 317 g/mol. The van der Waals surface area contributed by atoms with Crippen LogP contribution in [0.2, 0.25) is 0 Å². The molecule has 2 rings (SSSR count). The molecule has 0 fully saturated rings. The van der Waals surface area contributed by atoms with Crippen LogP contribution < -0.4 is 10.5 Å². The molecule has 0 atom stereocenters. The van der Waals surface area contributed by atoms with E-state index in [0.717, 1.165) is 37.5 Å². The zero-order chi connectivity index (χ0) is 16.7. The molecule has 3 nitrogen and oxygen atoms in total. The summed E-state index contributed by atoms with van der Waals surface area (Å²) in [6, 6.07) is 4.27. The molecule has 3 heteroatoms. The van der Waals surface area contributed by atoms with Gasteiger partial charge in [0, 0.05) is 0 Å². The first-order chi connectivity index (χ1) is 11.2. The number of nitrogens with zero attached hydrogens (tertiary/aromatic N) is 1. The van der Waals surface area contributed by atoms with Crippen molar-refractivity contribution in [2.24, 2.45) is 5.73 Å². The Morgan fingerprint density at radius 3 is 2.22 bits per heavy atom. The molecule has 0 spiro atoms. The molecule has 0 unspecified atom stereocenters. The monoisotopic (exact) mass is 317 g/mol. The molecule has 0 heterocycles. The van der Waals surface area contributed by atoms with Crippen LogP contribution >= 0.6 is 0 Å². The van der Waals surface area contributed by atoms with Crippen molar-refractivity contribution in [1.82, 2.24) is 0 Å². The zero-order valence-electron chi connectivity index (χ0n) is 15.2. The molecule has 23 heavy (non-hydrogen) atoms. The van der Waals surface area contributed by atoms with E-state index in [1.54, 1.807) is 7.11 Å². The predicted octanol–water partition coefficient (Wildman–Crippen LogP) is 3.89. The maximum Gasteiger partial charge on any atom is 0.275 e. The molecule has 2 N–H and O–H groups in total. The third-order valence-electron chi connectivity index (χ3n) is 4.89. The number of rotatable bonds is 8. The molecule has 0 bridgehead atoms. The maximum absolute atomic E-state index is 6.64. The zero-order valence-corrected chi connectivity index (χ0v) is 15.2. The van der Waals surface area contributed by atoms with Crippen molar-refractivity contribution in [3.8, 4) is 5.75 Å². The quantitative estimate of drug-likeness (QED) is 0.449. The highest BCUT2D eigenvalue weighted by Gasteiger charge is 2.22. The fraction of sp³-hybridized carbons (Fsp3) is 0.650. The Morgan fingerprint density at radius 2 is 1.65 bits per heavy atom. The highest BCUT2D eigenvalue weighted by Crippen LogP contribution is 2.32. The van der Waals surface area contributed by atoms with Crippen LogP contribution in [-0.2, 0) is 12.8 Å². The van der Waals surface area contributed by atoms with Gasteiger partial charge in [-0.2, -0.15) is 0 Å². The highest BCUT2D eigenvalue weighted by atomic mass is 16.5. The Morgan fingerprint density at radius 1 is 1.04 bits per heavy atom. The molecule has 1 aromatic carbocycles. The van der Waals surface area contributed by atoms with Gasteiger partial charge in [-0.25, -0.2) is 0 Å². The van der Waals surface area contributed by atoms with Gasteiger partial charge in [-0.3, -0.25) is 10.3 Å².